The summed E-state index contributed by atoms with van der Waals surface area (Å²) in [7, 11) is 1.41. The minimum Gasteiger partial charge on any atom is -0.478 e. The van der Waals surface area contributed by atoms with Gasteiger partial charge < -0.3 is 15.3 Å². The Hall–Kier alpha value is -2.28. The van der Waals surface area contributed by atoms with Gasteiger partial charge in [0.05, 0.1) is 23.6 Å². The number of nitrogens with one attached hydrogen (secondary N) is 1. The number of hydrogen-bond acceptors (Lipinski definition) is 4. The van der Waals surface area contributed by atoms with Gasteiger partial charge in [-0.1, -0.05) is 31.5 Å². The number of rotatable bonds is 5. The maximum absolute atomic E-state index is 12.7. The summed E-state index contributed by atoms with van der Waals surface area (Å²) >= 11 is 5.90. The summed E-state index contributed by atoms with van der Waals surface area (Å²) < 4.78 is 0. The van der Waals surface area contributed by atoms with E-state index in [4.69, 9.17) is 16.4 Å². The van der Waals surface area contributed by atoms with E-state index in [-0.39, 0.29) is 29.0 Å². The number of benzene rings is 1. The molecule has 0 unspecified atom stereocenters. The van der Waals surface area contributed by atoms with Crippen LogP contribution in [0, 0.1) is 5.92 Å². The number of nitrogens with zero attached hydrogens (tertiary/aromatic N) is 2. The van der Waals surface area contributed by atoms with Crippen molar-refractivity contribution >= 4 is 29.4 Å². The average molecular weight is 368 g/mol. The van der Waals surface area contributed by atoms with E-state index in [9.17, 15) is 14.7 Å². The monoisotopic (exact) mass is 367 g/mol. The van der Waals surface area contributed by atoms with E-state index in [1.165, 1.54) is 24.1 Å². The molecule has 0 spiro atoms. The molecule has 2 rings (SSSR count). The molecule has 1 aromatic carbocycles. The Morgan fingerprint density at radius 2 is 2.20 bits per heavy atom. The van der Waals surface area contributed by atoms with Gasteiger partial charge in [0, 0.05) is 5.54 Å². The molecule has 1 atom stereocenters. The highest BCUT2D eigenvalue weighted by Crippen LogP contribution is 2.27. The van der Waals surface area contributed by atoms with Crippen molar-refractivity contribution in [2.75, 3.05) is 7.11 Å². The van der Waals surface area contributed by atoms with E-state index in [0.717, 1.165) is 0 Å². The van der Waals surface area contributed by atoms with Crippen molar-refractivity contribution in [2.24, 2.45) is 11.1 Å². The molecule has 1 amide bonds. The number of oxime groups is 1. The summed E-state index contributed by atoms with van der Waals surface area (Å²) in [6.07, 6.45) is 0.298. The van der Waals surface area contributed by atoms with E-state index in [2.05, 4.69) is 10.5 Å². The van der Waals surface area contributed by atoms with Crippen molar-refractivity contribution in [1.82, 2.24) is 10.2 Å². The molecule has 0 radical (unpaired) electrons. The molecule has 25 heavy (non-hydrogen) atoms. The number of carboxylic acid groups (broad SMARTS) is 1. The molecule has 0 aromatic heterocycles. The van der Waals surface area contributed by atoms with Crippen LogP contribution in [0.4, 0.5) is 0 Å². The van der Waals surface area contributed by atoms with Crippen LogP contribution in [0.15, 0.2) is 23.4 Å². The molecule has 1 fully saturated rings. The standard InChI is InChI=1S/C17H22ClN3O4/c1-10(2)17(3)8-14(22)21(16(19-17)20-25-4)9-11-5-6-13(18)12(7-11)15(23)24/h5-7,10H,8-9H2,1-4H3,(H,19,20)(H,23,24)/t17-/m0/s1. The van der Waals surface area contributed by atoms with Gasteiger partial charge in [-0.25, -0.2) is 4.79 Å². The molecule has 0 bridgehead atoms. The maximum Gasteiger partial charge on any atom is 0.337 e. The van der Waals surface area contributed by atoms with Gasteiger partial charge in [0.1, 0.15) is 7.11 Å². The first-order valence-corrected chi connectivity index (χ1v) is 8.27. The molecule has 136 valence electrons. The van der Waals surface area contributed by atoms with Crippen LogP contribution >= 0.6 is 11.6 Å². The smallest absolute Gasteiger partial charge is 0.337 e. The first kappa shape index (κ1) is 19.1. The number of hydrogen-bond donors (Lipinski definition) is 2. The van der Waals surface area contributed by atoms with E-state index in [1.54, 1.807) is 6.07 Å². The van der Waals surface area contributed by atoms with Crippen LogP contribution in [0.5, 0.6) is 0 Å². The highest BCUT2D eigenvalue weighted by molar-refractivity contribution is 6.33. The van der Waals surface area contributed by atoms with Crippen LogP contribution in [-0.4, -0.2) is 40.5 Å². The molecule has 7 nitrogen and oxygen atoms in total. The van der Waals surface area contributed by atoms with Crippen molar-refractivity contribution in [3.8, 4) is 0 Å². The van der Waals surface area contributed by atoms with Gasteiger partial charge in [-0.15, -0.1) is 0 Å². The molecule has 0 saturated carbocycles. The Labute approximate surface area is 151 Å². The lowest BCUT2D eigenvalue weighted by Crippen LogP contribution is -2.63. The second kappa shape index (κ2) is 7.31. The van der Waals surface area contributed by atoms with Crippen molar-refractivity contribution in [2.45, 2.75) is 39.3 Å². The summed E-state index contributed by atoms with van der Waals surface area (Å²) in [4.78, 5) is 30.2. The van der Waals surface area contributed by atoms with Crippen LogP contribution in [0.1, 0.15) is 43.1 Å². The molecular weight excluding hydrogens is 346 g/mol. The Morgan fingerprint density at radius 3 is 2.76 bits per heavy atom. The summed E-state index contributed by atoms with van der Waals surface area (Å²) in [5.74, 6) is -0.720. The second-order valence-corrected chi connectivity index (χ2v) is 6.98. The molecule has 1 aliphatic heterocycles. The molecular formula is C17H22ClN3O4. The topological polar surface area (TPSA) is 91.2 Å². The number of carboxylic acids is 1. The Balaban J connectivity index is 2.32. The molecule has 1 saturated heterocycles. The lowest BCUT2D eigenvalue weighted by Gasteiger charge is -2.43. The number of aromatic carboxylic acids is 1. The molecule has 1 heterocycles. The average Bonchev–Trinajstić information content (AvgIpc) is 2.52. The van der Waals surface area contributed by atoms with Gasteiger partial charge in [0.2, 0.25) is 11.9 Å². The summed E-state index contributed by atoms with van der Waals surface area (Å²) in [6, 6.07) is 4.65. The molecule has 1 aliphatic rings. The van der Waals surface area contributed by atoms with Crippen molar-refractivity contribution in [3.05, 3.63) is 34.3 Å². The van der Waals surface area contributed by atoms with Crippen LogP contribution in [0.2, 0.25) is 5.02 Å². The van der Waals surface area contributed by atoms with Gasteiger partial charge in [0.25, 0.3) is 0 Å². The SMILES string of the molecule is CO/N=C1/N[C@](C)(C(C)C)CC(=O)N1Cc1ccc(Cl)c(C(=O)O)c1. The Morgan fingerprint density at radius 1 is 1.52 bits per heavy atom. The van der Waals surface area contributed by atoms with Gasteiger partial charge in [-0.2, -0.15) is 0 Å². The van der Waals surface area contributed by atoms with Gasteiger partial charge in [0.15, 0.2) is 0 Å². The third-order valence-electron chi connectivity index (χ3n) is 4.53. The lowest BCUT2D eigenvalue weighted by atomic mass is 9.83. The highest BCUT2D eigenvalue weighted by atomic mass is 35.5. The quantitative estimate of drug-likeness (QED) is 0.781. The Kier molecular flexibility index (Phi) is 5.57. The van der Waals surface area contributed by atoms with Crippen LogP contribution < -0.4 is 5.32 Å². The van der Waals surface area contributed by atoms with Crippen molar-refractivity contribution in [1.29, 1.82) is 0 Å². The maximum atomic E-state index is 12.7. The van der Waals surface area contributed by atoms with Gasteiger partial charge in [-0.3, -0.25) is 9.69 Å². The van der Waals surface area contributed by atoms with Crippen LogP contribution in [-0.2, 0) is 16.2 Å². The summed E-state index contributed by atoms with van der Waals surface area (Å²) in [6.45, 7) is 6.18. The Bertz CT molecular complexity index is 720. The molecule has 8 heteroatoms. The van der Waals surface area contributed by atoms with Gasteiger partial charge in [-0.05, 0) is 35.7 Å². The van der Waals surface area contributed by atoms with Crippen molar-refractivity contribution < 1.29 is 19.5 Å². The number of halogens is 1. The zero-order chi connectivity index (χ0) is 18.8. The predicted octanol–water partition coefficient (Wildman–Crippen LogP) is 2.69. The first-order valence-electron chi connectivity index (χ1n) is 7.89. The second-order valence-electron chi connectivity index (χ2n) is 6.57. The zero-order valence-corrected chi connectivity index (χ0v) is 15.4. The predicted molar refractivity (Wildman–Crippen MR) is 94.4 cm³/mol. The van der Waals surface area contributed by atoms with E-state index in [0.29, 0.717) is 17.9 Å². The third-order valence-corrected chi connectivity index (χ3v) is 4.86. The fourth-order valence-electron chi connectivity index (χ4n) is 2.58. The van der Waals surface area contributed by atoms with E-state index >= 15 is 0 Å². The number of guanidine groups is 1. The van der Waals surface area contributed by atoms with E-state index in [1.807, 2.05) is 20.8 Å². The summed E-state index contributed by atoms with van der Waals surface area (Å²) in [5, 5.41) is 16.5. The van der Waals surface area contributed by atoms with E-state index < -0.39 is 11.5 Å². The molecule has 1 aromatic rings. The zero-order valence-electron chi connectivity index (χ0n) is 14.7. The minimum atomic E-state index is -1.12. The fraction of sp³-hybridized carbons (Fsp3) is 0.471. The van der Waals surface area contributed by atoms with Gasteiger partial charge >= 0.3 is 5.97 Å². The largest absolute Gasteiger partial charge is 0.478 e. The molecule has 0 aliphatic carbocycles. The lowest BCUT2D eigenvalue weighted by molar-refractivity contribution is -0.131. The summed E-state index contributed by atoms with van der Waals surface area (Å²) in [5.41, 5.74) is 0.194. The van der Waals surface area contributed by atoms with Crippen LogP contribution in [0.3, 0.4) is 0 Å². The third kappa shape index (κ3) is 4.04. The first-order chi connectivity index (χ1) is 11.7. The normalized spacial score (nSPS) is 22.2. The number of carbonyl (C=O) groups excluding carboxylic acids is 1. The molecule has 2 N–H and O–H groups in total. The highest BCUT2D eigenvalue weighted by Gasteiger charge is 2.41. The minimum absolute atomic E-state index is 0.00571. The number of carbonyl (C=O) groups is 2. The fourth-order valence-corrected chi connectivity index (χ4v) is 2.78. The van der Waals surface area contributed by atoms with Crippen LogP contribution in [0.25, 0.3) is 0 Å². The number of amides is 1. The van der Waals surface area contributed by atoms with Crippen molar-refractivity contribution in [3.63, 3.8) is 0 Å².